The van der Waals surface area contributed by atoms with Crippen molar-refractivity contribution in [2.45, 2.75) is 26.2 Å². The van der Waals surface area contributed by atoms with Crippen LogP contribution in [0.3, 0.4) is 0 Å². The van der Waals surface area contributed by atoms with Crippen molar-refractivity contribution in [3.05, 3.63) is 57.9 Å². The Bertz CT molecular complexity index is 863. The lowest BCUT2D eigenvalue weighted by Gasteiger charge is -2.04. The Morgan fingerprint density at radius 1 is 1.12 bits per heavy atom. The average Bonchev–Trinajstić information content (AvgIpc) is 3.19. The third-order valence-electron chi connectivity index (χ3n) is 3.99. The highest BCUT2D eigenvalue weighted by Gasteiger charge is 2.11. The third kappa shape index (κ3) is 3.92. The summed E-state index contributed by atoms with van der Waals surface area (Å²) >= 11 is 1.48. The predicted octanol–water partition coefficient (Wildman–Crippen LogP) is 3.86. The van der Waals surface area contributed by atoms with Gasteiger partial charge in [0.25, 0.3) is 0 Å². The maximum atomic E-state index is 12.0. The number of nitrogens with one attached hydrogen (secondary N) is 2. The number of rotatable bonds is 7. The zero-order chi connectivity index (χ0) is 16.9. The Kier molecular flexibility index (Phi) is 5.11. The zero-order valence-electron chi connectivity index (χ0n) is 13.6. The van der Waals surface area contributed by atoms with Crippen LogP contribution in [-0.2, 0) is 11.2 Å². The van der Waals surface area contributed by atoms with Gasteiger partial charge >= 0.3 is 0 Å². The van der Waals surface area contributed by atoms with Crippen molar-refractivity contribution in [3.8, 4) is 0 Å². The highest BCUT2D eigenvalue weighted by molar-refractivity contribution is 7.14. The first-order valence-electron chi connectivity index (χ1n) is 8.05. The largest absolute Gasteiger partial charge is 0.361 e. The molecule has 3 aromatic rings. The fraction of sp³-hybridized carbons (Fsp3) is 0.263. The Labute approximate surface area is 144 Å². The second-order valence-corrected chi connectivity index (χ2v) is 7.08. The van der Waals surface area contributed by atoms with Gasteiger partial charge in [-0.2, -0.15) is 0 Å². The molecular formula is C19H20N2O2S. The van der Waals surface area contributed by atoms with E-state index >= 15 is 0 Å². The topological polar surface area (TPSA) is 62.0 Å². The van der Waals surface area contributed by atoms with Gasteiger partial charge in [-0.25, -0.2) is 0 Å². The number of carbonyl (C=O) groups excluding carboxylic acids is 2. The molecule has 0 spiro atoms. The van der Waals surface area contributed by atoms with E-state index in [0.717, 1.165) is 21.7 Å². The molecule has 0 saturated heterocycles. The van der Waals surface area contributed by atoms with Crippen LogP contribution in [0.1, 0.15) is 33.0 Å². The Morgan fingerprint density at radius 3 is 2.75 bits per heavy atom. The molecule has 1 aromatic carbocycles. The molecule has 0 atom stereocenters. The first kappa shape index (κ1) is 16.5. The van der Waals surface area contributed by atoms with E-state index in [9.17, 15) is 9.59 Å². The number of aryl methyl sites for hydroxylation is 1. The molecule has 124 valence electrons. The second-order valence-electron chi connectivity index (χ2n) is 5.79. The van der Waals surface area contributed by atoms with Gasteiger partial charge in [0.2, 0.25) is 5.91 Å². The van der Waals surface area contributed by atoms with E-state index in [2.05, 4.69) is 16.4 Å². The standard InChI is InChI=1S/C19H20N2O2S/c1-13-6-8-18(24-13)17(22)7-9-19(23)20-11-10-14-12-21-16-5-3-2-4-15(14)16/h2-6,8,12,21H,7,9-11H2,1H3,(H,20,23). The van der Waals surface area contributed by atoms with E-state index in [4.69, 9.17) is 0 Å². The monoisotopic (exact) mass is 340 g/mol. The van der Waals surface area contributed by atoms with Gasteiger partial charge in [-0.3, -0.25) is 9.59 Å². The molecule has 0 aliphatic heterocycles. The molecule has 0 radical (unpaired) electrons. The summed E-state index contributed by atoms with van der Waals surface area (Å²) in [5, 5.41) is 4.09. The van der Waals surface area contributed by atoms with E-state index in [-0.39, 0.29) is 24.5 Å². The normalized spacial score (nSPS) is 10.9. The summed E-state index contributed by atoms with van der Waals surface area (Å²) in [5.41, 5.74) is 2.30. The molecule has 3 rings (SSSR count). The molecule has 0 saturated carbocycles. The number of benzene rings is 1. The van der Waals surface area contributed by atoms with Crippen molar-refractivity contribution < 1.29 is 9.59 Å². The van der Waals surface area contributed by atoms with Crippen molar-refractivity contribution in [1.29, 1.82) is 0 Å². The van der Waals surface area contributed by atoms with Crippen molar-refractivity contribution >= 4 is 33.9 Å². The van der Waals surface area contributed by atoms with Crippen LogP contribution in [0.2, 0.25) is 0 Å². The molecule has 0 fully saturated rings. The van der Waals surface area contributed by atoms with Gasteiger partial charge in [0, 0.05) is 41.4 Å². The van der Waals surface area contributed by atoms with Gasteiger partial charge in [0.1, 0.15) is 0 Å². The van der Waals surface area contributed by atoms with E-state index in [1.807, 2.05) is 43.5 Å². The van der Waals surface area contributed by atoms with Crippen LogP contribution in [0.25, 0.3) is 10.9 Å². The lowest BCUT2D eigenvalue weighted by atomic mass is 10.1. The molecule has 4 nitrogen and oxygen atoms in total. The van der Waals surface area contributed by atoms with E-state index in [1.54, 1.807) is 0 Å². The average molecular weight is 340 g/mol. The summed E-state index contributed by atoms with van der Waals surface area (Å²) in [4.78, 5) is 29.0. The number of para-hydroxylation sites is 1. The maximum absolute atomic E-state index is 12.0. The minimum absolute atomic E-state index is 0.0416. The second kappa shape index (κ2) is 7.45. The van der Waals surface area contributed by atoms with Gasteiger partial charge < -0.3 is 10.3 Å². The van der Waals surface area contributed by atoms with Crippen LogP contribution in [0.4, 0.5) is 0 Å². The fourth-order valence-corrected chi connectivity index (χ4v) is 3.53. The number of hydrogen-bond donors (Lipinski definition) is 2. The number of hydrogen-bond acceptors (Lipinski definition) is 3. The molecular weight excluding hydrogens is 320 g/mol. The SMILES string of the molecule is Cc1ccc(C(=O)CCC(=O)NCCc2c[nH]c3ccccc23)s1. The molecule has 0 aliphatic carbocycles. The number of ketones is 1. The van der Waals surface area contributed by atoms with Crippen molar-refractivity contribution in [2.24, 2.45) is 0 Å². The molecule has 24 heavy (non-hydrogen) atoms. The first-order valence-corrected chi connectivity index (χ1v) is 8.86. The summed E-state index contributed by atoms with van der Waals surface area (Å²) in [6, 6.07) is 11.9. The molecule has 2 aromatic heterocycles. The number of carbonyl (C=O) groups is 2. The highest BCUT2D eigenvalue weighted by Crippen LogP contribution is 2.18. The summed E-state index contributed by atoms with van der Waals surface area (Å²) in [6.45, 7) is 2.55. The smallest absolute Gasteiger partial charge is 0.220 e. The van der Waals surface area contributed by atoms with E-state index in [0.29, 0.717) is 6.54 Å². The number of fused-ring (bicyclic) bond motifs is 1. The van der Waals surface area contributed by atoms with Crippen LogP contribution in [0.5, 0.6) is 0 Å². The minimum Gasteiger partial charge on any atom is -0.361 e. The van der Waals surface area contributed by atoms with Crippen LogP contribution in [-0.4, -0.2) is 23.2 Å². The fourth-order valence-electron chi connectivity index (χ4n) is 2.70. The van der Waals surface area contributed by atoms with Crippen LogP contribution in [0.15, 0.2) is 42.6 Å². The number of amides is 1. The lowest BCUT2D eigenvalue weighted by Crippen LogP contribution is -2.25. The predicted molar refractivity (Wildman–Crippen MR) is 97.6 cm³/mol. The Hall–Kier alpha value is -2.40. The van der Waals surface area contributed by atoms with Crippen LogP contribution < -0.4 is 5.32 Å². The van der Waals surface area contributed by atoms with Gasteiger partial charge in [-0.1, -0.05) is 18.2 Å². The zero-order valence-corrected chi connectivity index (χ0v) is 14.4. The van der Waals surface area contributed by atoms with Crippen molar-refractivity contribution in [2.75, 3.05) is 6.54 Å². The maximum Gasteiger partial charge on any atom is 0.220 e. The first-order chi connectivity index (χ1) is 11.6. The summed E-state index contributed by atoms with van der Waals surface area (Å²) in [5.74, 6) is -0.0312. The molecule has 0 bridgehead atoms. The molecule has 0 aliphatic rings. The van der Waals surface area contributed by atoms with Crippen molar-refractivity contribution in [3.63, 3.8) is 0 Å². The molecule has 2 N–H and O–H groups in total. The lowest BCUT2D eigenvalue weighted by molar-refractivity contribution is -0.121. The molecule has 1 amide bonds. The third-order valence-corrected chi connectivity index (χ3v) is 5.03. The summed E-state index contributed by atoms with van der Waals surface area (Å²) in [7, 11) is 0. The minimum atomic E-state index is -0.0727. The number of Topliss-reactive ketones (excluding diaryl/α,β-unsaturated/α-hetero) is 1. The number of aromatic nitrogens is 1. The van der Waals surface area contributed by atoms with Crippen LogP contribution in [0, 0.1) is 6.92 Å². The molecule has 2 heterocycles. The van der Waals surface area contributed by atoms with Gasteiger partial charge in [0.15, 0.2) is 5.78 Å². The summed E-state index contributed by atoms with van der Waals surface area (Å²) < 4.78 is 0. The quantitative estimate of drug-likeness (QED) is 0.642. The number of aromatic amines is 1. The van der Waals surface area contributed by atoms with Gasteiger partial charge in [-0.05, 0) is 37.1 Å². The molecule has 5 heteroatoms. The van der Waals surface area contributed by atoms with Crippen LogP contribution >= 0.6 is 11.3 Å². The Balaban J connectivity index is 1.43. The molecule has 0 unspecified atom stereocenters. The number of H-pyrrole nitrogens is 1. The van der Waals surface area contributed by atoms with Crippen molar-refractivity contribution in [1.82, 2.24) is 10.3 Å². The highest BCUT2D eigenvalue weighted by atomic mass is 32.1. The van der Waals surface area contributed by atoms with Gasteiger partial charge in [0.05, 0.1) is 4.88 Å². The van der Waals surface area contributed by atoms with E-state index < -0.39 is 0 Å². The number of thiophene rings is 1. The Morgan fingerprint density at radius 2 is 1.96 bits per heavy atom. The van der Waals surface area contributed by atoms with E-state index in [1.165, 1.54) is 22.3 Å². The summed E-state index contributed by atoms with van der Waals surface area (Å²) in [6.07, 6.45) is 3.26. The van der Waals surface area contributed by atoms with Gasteiger partial charge in [-0.15, -0.1) is 11.3 Å².